The molecule has 86 heavy (non-hydrogen) atoms. The first-order valence-corrected chi connectivity index (χ1v) is 34.6. The van der Waals surface area contributed by atoms with E-state index in [1.54, 1.807) is 28.2 Å². The Morgan fingerprint density at radius 1 is 0.733 bits per heavy atom. The van der Waals surface area contributed by atoms with E-state index in [1.165, 1.54) is 67.0 Å². The smallest absolute Gasteiger partial charge is 0.331 e. The number of benzene rings is 5. The highest BCUT2D eigenvalue weighted by Crippen LogP contribution is 2.77. The van der Waals surface area contributed by atoms with Crippen LogP contribution in [-0.4, -0.2) is 57.8 Å². The maximum absolute atomic E-state index is 15.5. The number of rotatable bonds is 17. The maximum atomic E-state index is 15.5. The lowest BCUT2D eigenvalue weighted by molar-refractivity contribution is -0.328. The van der Waals surface area contributed by atoms with Gasteiger partial charge in [-0.2, -0.15) is 0 Å². The van der Waals surface area contributed by atoms with Gasteiger partial charge >= 0.3 is 11.9 Å². The molecule has 0 radical (unpaired) electrons. The van der Waals surface area contributed by atoms with Crippen molar-refractivity contribution >= 4 is 22.7 Å². The standard InChI is InChI=1S/C79H98O7/c1-51(18-15-23-53-19-7-4-8-20-53)31-34-67(80)79-68(81)38-40-75(3,73(79)66(44-52(2)78(79,84)43-35-56-47-69(82)85-50-56)86-74(83)58-26-16-24-55(46-58)45-54-21-9-5-10-22-54)61-37-42-76-41-36-59-49-77(60-27-11-6-12-28-60)39-14-13-30-64(77)63-33-32-57-25-17-29-62(65(76)48-61)70(57)71(63)72(59)76/h4-12,17,19-22,25,27-29,32-33,47,51-52,55,58-59,61,64-68,72-73,80-81,84H,13-16,18,23-24,26,30-31,34-46,48-50H2,1-3H3. The zero-order valence-corrected chi connectivity index (χ0v) is 52.0. The van der Waals surface area contributed by atoms with E-state index in [9.17, 15) is 20.1 Å². The first kappa shape index (κ1) is 58.6. The molecule has 0 amide bonds. The molecule has 7 nitrogen and oxygen atoms in total. The van der Waals surface area contributed by atoms with Gasteiger partial charge in [-0.15, -0.1) is 0 Å². The van der Waals surface area contributed by atoms with E-state index < -0.39 is 46.6 Å². The highest BCUT2D eigenvalue weighted by molar-refractivity contribution is 5.93. The van der Waals surface area contributed by atoms with Gasteiger partial charge in [0.05, 0.1) is 29.1 Å². The van der Waals surface area contributed by atoms with Crippen molar-refractivity contribution in [1.82, 2.24) is 0 Å². The van der Waals surface area contributed by atoms with E-state index in [0.717, 1.165) is 89.0 Å². The van der Waals surface area contributed by atoms with Crippen LogP contribution in [-0.2, 0) is 37.3 Å². The Bertz CT molecular complexity index is 3280. The summed E-state index contributed by atoms with van der Waals surface area (Å²) in [5, 5.41) is 44.9. The van der Waals surface area contributed by atoms with Crippen LogP contribution >= 0.6 is 0 Å². The number of aryl methyl sites for hydroxylation is 1. The molecule has 6 fully saturated rings. The van der Waals surface area contributed by atoms with Crippen LogP contribution in [0.15, 0.2) is 133 Å². The molecule has 6 saturated carbocycles. The summed E-state index contributed by atoms with van der Waals surface area (Å²) in [7, 11) is 0. The molecule has 0 aromatic heterocycles. The van der Waals surface area contributed by atoms with Gasteiger partial charge in [-0.05, 0) is 236 Å². The summed E-state index contributed by atoms with van der Waals surface area (Å²) in [5.41, 5.74) is 6.62. The van der Waals surface area contributed by atoms with Crippen LogP contribution in [0.5, 0.6) is 0 Å². The molecule has 5 aromatic rings. The third kappa shape index (κ3) is 9.73. The van der Waals surface area contributed by atoms with E-state index >= 15 is 4.79 Å². The predicted molar refractivity (Wildman–Crippen MR) is 341 cm³/mol. The molecule has 0 saturated heterocycles. The fourth-order valence-corrected chi connectivity index (χ4v) is 22.6. The van der Waals surface area contributed by atoms with Crippen molar-refractivity contribution in [3.8, 4) is 0 Å². The third-order valence-electron chi connectivity index (χ3n) is 26.4. The number of carbonyl (C=O) groups excluding carboxylic acids is 2. The molecular formula is C79H98O7. The molecule has 456 valence electrons. The fraction of sp³-hybridized carbons (Fsp3) is 0.595. The molecule has 18 atom stereocenters. The molecule has 1 heterocycles. The first-order valence-electron chi connectivity index (χ1n) is 34.6. The summed E-state index contributed by atoms with van der Waals surface area (Å²) in [6.07, 6.45) is 21.9. The minimum Gasteiger partial charge on any atom is -0.462 e. The fourth-order valence-electron chi connectivity index (χ4n) is 22.6. The van der Waals surface area contributed by atoms with Crippen molar-refractivity contribution in [3.05, 3.63) is 166 Å². The average molecular weight is 1160 g/mol. The lowest BCUT2D eigenvalue weighted by Crippen LogP contribution is -2.77. The summed E-state index contributed by atoms with van der Waals surface area (Å²) >= 11 is 0. The normalized spacial score (nSPS) is 37.7. The van der Waals surface area contributed by atoms with E-state index in [1.807, 2.05) is 0 Å². The van der Waals surface area contributed by atoms with Crippen LogP contribution in [0.2, 0.25) is 0 Å². The van der Waals surface area contributed by atoms with Crippen LogP contribution in [0.4, 0.5) is 0 Å². The summed E-state index contributed by atoms with van der Waals surface area (Å²) in [4.78, 5) is 28.1. The Morgan fingerprint density at radius 2 is 1.50 bits per heavy atom. The number of hydrogen-bond donors (Lipinski definition) is 3. The molecule has 9 aliphatic rings. The van der Waals surface area contributed by atoms with Gasteiger partial charge in [-0.1, -0.05) is 174 Å². The average Bonchev–Trinajstić information content (AvgIpc) is 1.18. The van der Waals surface area contributed by atoms with E-state index in [0.29, 0.717) is 61.2 Å². The molecule has 5 aromatic carbocycles. The molecular weight excluding hydrogens is 1060 g/mol. The Hall–Kier alpha value is -5.08. The summed E-state index contributed by atoms with van der Waals surface area (Å²) in [6.45, 7) is 7.06. The van der Waals surface area contributed by atoms with Crippen molar-refractivity contribution in [3.63, 3.8) is 0 Å². The number of carbonyl (C=O) groups is 2. The SMILES string of the molecule is CC(CCCc1ccccc1)CCC(O)C12C(O)CCC(C)(C3CCC45CCC6CC7(c8ccccc8)CCCCC7c7ccc8cccc(c8c7C64)C5C3)C1C(OC(=O)C1CCCC(Cc3ccccc3)C1)CC(C)C2(O)CCC1=CC(=O)OC1. The molecule has 8 aliphatic carbocycles. The van der Waals surface area contributed by atoms with Gasteiger partial charge in [-0.3, -0.25) is 4.79 Å². The minimum absolute atomic E-state index is 0.112. The monoisotopic (exact) mass is 1160 g/mol. The van der Waals surface area contributed by atoms with Gasteiger partial charge in [-0.25, -0.2) is 4.79 Å². The van der Waals surface area contributed by atoms with Gasteiger partial charge in [0.25, 0.3) is 0 Å². The topological polar surface area (TPSA) is 113 Å². The second-order valence-electron chi connectivity index (χ2n) is 30.5. The first-order chi connectivity index (χ1) is 41.8. The van der Waals surface area contributed by atoms with Crippen molar-refractivity contribution in [2.24, 2.45) is 57.7 Å². The van der Waals surface area contributed by atoms with E-state index in [2.05, 4.69) is 142 Å². The molecule has 18 unspecified atom stereocenters. The number of esters is 2. The number of cyclic esters (lactones) is 1. The lowest BCUT2D eigenvalue weighted by Gasteiger charge is -2.71. The van der Waals surface area contributed by atoms with Crippen molar-refractivity contribution in [1.29, 1.82) is 0 Å². The van der Waals surface area contributed by atoms with E-state index in [4.69, 9.17) is 9.47 Å². The number of aliphatic hydroxyl groups is 3. The van der Waals surface area contributed by atoms with Crippen molar-refractivity contribution < 1.29 is 34.4 Å². The quantitative estimate of drug-likeness (QED) is 0.0795. The summed E-state index contributed by atoms with van der Waals surface area (Å²) in [5.74, 6) is 1.06. The second kappa shape index (κ2) is 23.4. The molecule has 0 bridgehead atoms. The Balaban J connectivity index is 0.858. The molecule has 14 rings (SSSR count). The van der Waals surface area contributed by atoms with E-state index in [-0.39, 0.29) is 47.6 Å². The highest BCUT2D eigenvalue weighted by atomic mass is 16.5. The number of fused-ring (bicyclic) bond motifs is 4. The van der Waals surface area contributed by atoms with Crippen LogP contribution in [0, 0.1) is 57.7 Å². The molecule has 7 heteroatoms. The zero-order chi connectivity index (χ0) is 59.0. The van der Waals surface area contributed by atoms with Gasteiger partial charge in [0.1, 0.15) is 12.7 Å². The van der Waals surface area contributed by atoms with Gasteiger partial charge in [0, 0.05) is 17.4 Å². The number of ether oxygens (including phenoxy) is 2. The van der Waals surface area contributed by atoms with Crippen LogP contribution in [0.3, 0.4) is 0 Å². The van der Waals surface area contributed by atoms with Crippen LogP contribution in [0.1, 0.15) is 220 Å². The molecule has 1 aliphatic heterocycles. The Morgan fingerprint density at radius 3 is 2.28 bits per heavy atom. The van der Waals surface area contributed by atoms with Crippen molar-refractivity contribution in [2.75, 3.05) is 6.61 Å². The van der Waals surface area contributed by atoms with Crippen LogP contribution < -0.4 is 0 Å². The maximum Gasteiger partial charge on any atom is 0.331 e. The summed E-state index contributed by atoms with van der Waals surface area (Å²) < 4.78 is 12.8. The van der Waals surface area contributed by atoms with Crippen LogP contribution in [0.25, 0.3) is 10.8 Å². The third-order valence-corrected chi connectivity index (χ3v) is 26.4. The molecule has 3 N–H and O–H groups in total. The molecule has 1 spiro atoms. The lowest BCUT2D eigenvalue weighted by atomic mass is 9.36. The Kier molecular flexibility index (Phi) is 15.9. The Labute approximate surface area is 513 Å². The minimum atomic E-state index is -1.57. The largest absolute Gasteiger partial charge is 0.462 e. The zero-order valence-electron chi connectivity index (χ0n) is 52.0. The number of aliphatic hydroxyl groups excluding tert-OH is 2. The predicted octanol–water partition coefficient (Wildman–Crippen LogP) is 16.8. The van der Waals surface area contributed by atoms with Gasteiger partial charge in [0.2, 0.25) is 0 Å². The second-order valence-corrected chi connectivity index (χ2v) is 30.5. The highest BCUT2D eigenvalue weighted by Gasteiger charge is 2.75. The number of hydrogen-bond acceptors (Lipinski definition) is 7. The van der Waals surface area contributed by atoms with Gasteiger partial charge < -0.3 is 24.8 Å². The van der Waals surface area contributed by atoms with Crippen molar-refractivity contribution in [2.45, 2.75) is 228 Å². The summed E-state index contributed by atoms with van der Waals surface area (Å²) in [6, 6.07) is 45.4. The van der Waals surface area contributed by atoms with Gasteiger partial charge in [0.15, 0.2) is 0 Å².